The van der Waals surface area contributed by atoms with Crippen LogP contribution >= 0.6 is 0 Å². The summed E-state index contributed by atoms with van der Waals surface area (Å²) < 4.78 is 4.74. The zero-order chi connectivity index (χ0) is 14.5. The van der Waals surface area contributed by atoms with Crippen molar-refractivity contribution >= 4 is 5.97 Å². The smallest absolute Gasteiger partial charge is 0.312 e. The summed E-state index contributed by atoms with van der Waals surface area (Å²) in [4.78, 5) is 11.5. The normalized spacial score (nSPS) is 11.4. The van der Waals surface area contributed by atoms with Crippen LogP contribution in [0.2, 0.25) is 0 Å². The molecular formula is C17H15NO2. The Bertz CT molecular complexity index is 653. The van der Waals surface area contributed by atoms with Crippen LogP contribution in [0, 0.1) is 11.3 Å². The summed E-state index contributed by atoms with van der Waals surface area (Å²) >= 11 is 0. The highest BCUT2D eigenvalue weighted by molar-refractivity contribution is 5.78. The number of methoxy groups -OCH3 is 1. The molecule has 0 fully saturated rings. The number of rotatable bonds is 3. The van der Waals surface area contributed by atoms with Crippen molar-refractivity contribution in [2.45, 2.75) is 12.8 Å². The van der Waals surface area contributed by atoms with Gasteiger partial charge in [-0.1, -0.05) is 42.5 Å². The van der Waals surface area contributed by atoms with Crippen molar-refractivity contribution in [3.05, 3.63) is 59.7 Å². The van der Waals surface area contributed by atoms with Crippen molar-refractivity contribution in [1.29, 1.82) is 5.26 Å². The van der Waals surface area contributed by atoms with Gasteiger partial charge < -0.3 is 4.74 Å². The van der Waals surface area contributed by atoms with Crippen LogP contribution in [0.25, 0.3) is 11.1 Å². The highest BCUT2D eigenvalue weighted by Crippen LogP contribution is 2.25. The van der Waals surface area contributed by atoms with Gasteiger partial charge in [0.2, 0.25) is 0 Å². The Kier molecular flexibility index (Phi) is 4.17. The minimum absolute atomic E-state index is 0.254. The van der Waals surface area contributed by atoms with Crippen LogP contribution in [0.3, 0.4) is 0 Å². The van der Waals surface area contributed by atoms with Gasteiger partial charge in [-0.2, -0.15) is 5.26 Å². The third kappa shape index (κ3) is 2.70. The molecule has 0 heterocycles. The minimum atomic E-state index is -0.291. The fourth-order valence-corrected chi connectivity index (χ4v) is 2.10. The van der Waals surface area contributed by atoms with Gasteiger partial charge in [0.05, 0.1) is 24.7 Å². The van der Waals surface area contributed by atoms with E-state index in [0.717, 1.165) is 16.7 Å². The highest BCUT2D eigenvalue weighted by Gasteiger charge is 2.15. The molecule has 20 heavy (non-hydrogen) atoms. The average Bonchev–Trinajstić information content (AvgIpc) is 2.53. The molecule has 2 aromatic rings. The molecule has 0 aromatic heterocycles. The first kappa shape index (κ1) is 13.8. The van der Waals surface area contributed by atoms with Crippen molar-refractivity contribution in [3.63, 3.8) is 0 Å². The van der Waals surface area contributed by atoms with Crippen LogP contribution in [-0.2, 0) is 9.53 Å². The fourth-order valence-electron chi connectivity index (χ4n) is 2.10. The van der Waals surface area contributed by atoms with Crippen molar-refractivity contribution < 1.29 is 9.53 Å². The molecule has 0 spiro atoms. The Balaban J connectivity index is 2.34. The summed E-state index contributed by atoms with van der Waals surface area (Å²) in [6, 6.07) is 17.3. The Labute approximate surface area is 118 Å². The van der Waals surface area contributed by atoms with Gasteiger partial charge in [-0.25, -0.2) is 0 Å². The molecule has 0 saturated carbocycles. The van der Waals surface area contributed by atoms with Crippen molar-refractivity contribution in [2.75, 3.05) is 7.11 Å². The third-order valence-corrected chi connectivity index (χ3v) is 3.32. The molecule has 1 unspecified atom stereocenters. The molecule has 1 atom stereocenters. The van der Waals surface area contributed by atoms with Gasteiger partial charge >= 0.3 is 5.97 Å². The molecule has 3 heteroatoms. The third-order valence-electron chi connectivity index (χ3n) is 3.32. The fraction of sp³-hybridized carbons (Fsp3) is 0.176. The largest absolute Gasteiger partial charge is 0.469 e. The molecule has 0 aliphatic carbocycles. The van der Waals surface area contributed by atoms with Crippen LogP contribution in [0.4, 0.5) is 0 Å². The van der Waals surface area contributed by atoms with E-state index >= 15 is 0 Å². The molecule has 2 rings (SSSR count). The number of esters is 1. The van der Waals surface area contributed by atoms with Gasteiger partial charge in [0, 0.05) is 0 Å². The summed E-state index contributed by atoms with van der Waals surface area (Å²) in [5, 5.41) is 9.12. The van der Waals surface area contributed by atoms with Crippen molar-refractivity contribution in [2.24, 2.45) is 0 Å². The van der Waals surface area contributed by atoms with E-state index in [2.05, 4.69) is 6.07 Å². The summed E-state index contributed by atoms with van der Waals surface area (Å²) in [7, 11) is 1.39. The molecule has 0 bridgehead atoms. The highest BCUT2D eigenvalue weighted by atomic mass is 16.5. The second kappa shape index (κ2) is 6.03. The van der Waals surface area contributed by atoms with E-state index in [4.69, 9.17) is 10.00 Å². The van der Waals surface area contributed by atoms with E-state index in [9.17, 15) is 4.79 Å². The van der Waals surface area contributed by atoms with E-state index < -0.39 is 0 Å². The molecule has 0 amide bonds. The zero-order valence-electron chi connectivity index (χ0n) is 11.5. The van der Waals surface area contributed by atoms with Gasteiger partial charge in [0.25, 0.3) is 0 Å². The number of carbonyl (C=O) groups is 1. The molecule has 0 saturated heterocycles. The Morgan fingerprint density at radius 1 is 1.15 bits per heavy atom. The predicted octanol–water partition coefficient (Wildman–Crippen LogP) is 3.50. The standard InChI is InChI=1S/C17H15NO2/c1-12(17(19)20-2)13-7-9-14(10-8-13)16-6-4-3-5-15(16)11-18/h3-10,12H,1-2H3. The van der Waals surface area contributed by atoms with E-state index in [1.165, 1.54) is 7.11 Å². The van der Waals surface area contributed by atoms with Crippen LogP contribution in [0.15, 0.2) is 48.5 Å². The topological polar surface area (TPSA) is 50.1 Å². The number of ether oxygens (including phenoxy) is 1. The molecule has 0 radical (unpaired) electrons. The van der Waals surface area contributed by atoms with Crippen LogP contribution < -0.4 is 0 Å². The minimum Gasteiger partial charge on any atom is -0.469 e. The monoisotopic (exact) mass is 265 g/mol. The lowest BCUT2D eigenvalue weighted by atomic mass is 9.96. The lowest BCUT2D eigenvalue weighted by molar-refractivity contribution is -0.141. The van der Waals surface area contributed by atoms with E-state index in [1.807, 2.05) is 49.4 Å². The van der Waals surface area contributed by atoms with Gasteiger partial charge in [-0.15, -0.1) is 0 Å². The lowest BCUT2D eigenvalue weighted by Crippen LogP contribution is -2.10. The second-order valence-electron chi connectivity index (χ2n) is 4.52. The quantitative estimate of drug-likeness (QED) is 0.798. The lowest BCUT2D eigenvalue weighted by Gasteiger charge is -2.10. The van der Waals surface area contributed by atoms with Gasteiger partial charge in [-0.05, 0) is 29.7 Å². The Morgan fingerprint density at radius 2 is 1.80 bits per heavy atom. The SMILES string of the molecule is COC(=O)C(C)c1ccc(-c2ccccc2C#N)cc1. The number of nitriles is 1. The van der Waals surface area contributed by atoms with E-state index in [-0.39, 0.29) is 11.9 Å². The number of carbonyl (C=O) groups excluding carboxylic acids is 1. The first-order chi connectivity index (χ1) is 9.67. The first-order valence-corrected chi connectivity index (χ1v) is 6.34. The molecule has 2 aromatic carbocycles. The van der Waals surface area contributed by atoms with Crippen LogP contribution in [-0.4, -0.2) is 13.1 Å². The Hall–Kier alpha value is -2.60. The molecule has 0 N–H and O–H groups in total. The van der Waals surface area contributed by atoms with E-state index in [0.29, 0.717) is 5.56 Å². The van der Waals surface area contributed by atoms with E-state index in [1.54, 1.807) is 6.07 Å². The molecule has 0 aliphatic heterocycles. The number of hydrogen-bond acceptors (Lipinski definition) is 3. The van der Waals surface area contributed by atoms with Crippen LogP contribution in [0.1, 0.15) is 24.0 Å². The molecule has 0 aliphatic rings. The maximum absolute atomic E-state index is 11.5. The van der Waals surface area contributed by atoms with Crippen LogP contribution in [0.5, 0.6) is 0 Å². The number of nitrogens with zero attached hydrogens (tertiary/aromatic N) is 1. The van der Waals surface area contributed by atoms with Gasteiger partial charge in [0.1, 0.15) is 0 Å². The van der Waals surface area contributed by atoms with Crippen molar-refractivity contribution in [3.8, 4) is 17.2 Å². The summed E-state index contributed by atoms with van der Waals surface area (Å²) in [6.07, 6.45) is 0. The summed E-state index contributed by atoms with van der Waals surface area (Å²) in [6.45, 7) is 1.81. The van der Waals surface area contributed by atoms with Gasteiger partial charge in [0.15, 0.2) is 0 Å². The number of hydrogen-bond donors (Lipinski definition) is 0. The maximum Gasteiger partial charge on any atom is 0.312 e. The summed E-state index contributed by atoms with van der Waals surface area (Å²) in [5.74, 6) is -0.546. The maximum atomic E-state index is 11.5. The number of benzene rings is 2. The van der Waals surface area contributed by atoms with Gasteiger partial charge in [-0.3, -0.25) is 4.79 Å². The molecule has 100 valence electrons. The second-order valence-corrected chi connectivity index (χ2v) is 4.52. The molecule has 3 nitrogen and oxygen atoms in total. The Morgan fingerprint density at radius 3 is 2.40 bits per heavy atom. The average molecular weight is 265 g/mol. The summed E-state index contributed by atoms with van der Waals surface area (Å²) in [5.41, 5.74) is 3.39. The predicted molar refractivity (Wildman–Crippen MR) is 77.0 cm³/mol. The first-order valence-electron chi connectivity index (χ1n) is 6.34. The zero-order valence-corrected chi connectivity index (χ0v) is 11.5. The molecular weight excluding hydrogens is 250 g/mol. The van der Waals surface area contributed by atoms with Crippen molar-refractivity contribution in [1.82, 2.24) is 0 Å².